The number of hydrogen-bond donors (Lipinski definition) is 1. The van der Waals surface area contributed by atoms with Gasteiger partial charge in [-0.15, -0.1) is 0 Å². The number of nitrogens with one attached hydrogen (secondary N) is 1. The molecule has 4 aromatic rings. The third kappa shape index (κ3) is 8.62. The highest BCUT2D eigenvalue weighted by atomic mass is 35.5. The Labute approximate surface area is 286 Å². The first-order valence-corrected chi connectivity index (χ1v) is 17.4. The molecule has 4 rings (SSSR count). The number of benzene rings is 4. The number of carbonyl (C=O) groups is 2. The predicted octanol–water partition coefficient (Wildman–Crippen LogP) is 7.71. The van der Waals surface area contributed by atoms with Gasteiger partial charge in [0.1, 0.15) is 12.6 Å². The number of aryl methyl sites for hydroxylation is 1. The highest BCUT2D eigenvalue weighted by Crippen LogP contribution is 2.30. The average Bonchev–Trinajstić information content (AvgIpc) is 3.03. The molecule has 0 spiro atoms. The molecule has 2 unspecified atom stereocenters. The van der Waals surface area contributed by atoms with E-state index in [1.807, 2.05) is 44.2 Å². The summed E-state index contributed by atoms with van der Waals surface area (Å²) in [6.07, 6.45) is 0.847. The van der Waals surface area contributed by atoms with Crippen LogP contribution >= 0.6 is 34.8 Å². The van der Waals surface area contributed by atoms with Crippen molar-refractivity contribution in [3.05, 3.63) is 129 Å². The molecule has 46 heavy (non-hydrogen) atoms. The predicted molar refractivity (Wildman–Crippen MR) is 186 cm³/mol. The van der Waals surface area contributed by atoms with Crippen molar-refractivity contribution in [1.82, 2.24) is 10.2 Å². The van der Waals surface area contributed by atoms with Gasteiger partial charge < -0.3 is 10.2 Å². The van der Waals surface area contributed by atoms with Crippen molar-refractivity contribution < 1.29 is 18.0 Å². The maximum absolute atomic E-state index is 14.6. The Hall–Kier alpha value is -3.56. The molecular weight excluding hydrogens is 665 g/mol. The Bertz CT molecular complexity index is 1750. The summed E-state index contributed by atoms with van der Waals surface area (Å²) < 4.78 is 29.5. The highest BCUT2D eigenvalue weighted by Gasteiger charge is 2.36. The number of para-hydroxylation sites is 1. The van der Waals surface area contributed by atoms with E-state index in [2.05, 4.69) is 5.32 Å². The van der Waals surface area contributed by atoms with Crippen molar-refractivity contribution in [3.8, 4) is 0 Å². The molecule has 0 radical (unpaired) electrons. The number of sulfonamides is 1. The molecule has 11 heteroatoms. The van der Waals surface area contributed by atoms with E-state index in [1.54, 1.807) is 49.4 Å². The van der Waals surface area contributed by atoms with Crippen molar-refractivity contribution in [2.45, 2.75) is 57.1 Å². The van der Waals surface area contributed by atoms with Gasteiger partial charge in [0.25, 0.3) is 10.0 Å². The summed E-state index contributed by atoms with van der Waals surface area (Å²) in [5, 5.41) is 4.02. The Morgan fingerprint density at radius 1 is 0.826 bits per heavy atom. The van der Waals surface area contributed by atoms with Crippen LogP contribution < -0.4 is 9.62 Å². The van der Waals surface area contributed by atoms with Gasteiger partial charge in [0.2, 0.25) is 11.8 Å². The van der Waals surface area contributed by atoms with E-state index in [4.69, 9.17) is 34.8 Å². The van der Waals surface area contributed by atoms with Gasteiger partial charge in [0, 0.05) is 39.6 Å². The molecule has 0 aliphatic heterocycles. The van der Waals surface area contributed by atoms with Gasteiger partial charge >= 0.3 is 0 Å². The lowest BCUT2D eigenvalue weighted by Crippen LogP contribution is -2.54. The highest BCUT2D eigenvalue weighted by molar-refractivity contribution is 7.92. The molecule has 0 fully saturated rings. The van der Waals surface area contributed by atoms with Crippen LogP contribution in [-0.2, 0) is 32.6 Å². The second-order valence-electron chi connectivity index (χ2n) is 11.0. The number of anilines is 1. The molecule has 0 aromatic heterocycles. The topological polar surface area (TPSA) is 86.8 Å². The van der Waals surface area contributed by atoms with Crippen molar-refractivity contribution in [2.24, 2.45) is 0 Å². The second-order valence-corrected chi connectivity index (χ2v) is 14.1. The maximum Gasteiger partial charge on any atom is 0.264 e. The largest absolute Gasteiger partial charge is 0.352 e. The smallest absolute Gasteiger partial charge is 0.264 e. The fourth-order valence-electron chi connectivity index (χ4n) is 4.94. The molecule has 0 heterocycles. The molecule has 2 amide bonds. The lowest BCUT2D eigenvalue weighted by Gasteiger charge is -2.35. The number of rotatable bonds is 13. The van der Waals surface area contributed by atoms with E-state index >= 15 is 0 Å². The minimum atomic E-state index is -4.26. The van der Waals surface area contributed by atoms with Crippen LogP contribution in [0.4, 0.5) is 5.69 Å². The zero-order valence-corrected chi connectivity index (χ0v) is 28.9. The molecule has 242 valence electrons. The standard InChI is InChI=1S/C35H36Cl3N3O4S/c1-4-25(3)39-35(43)33(21-26-12-6-5-7-13-26)40(22-29-30(37)14-10-15-31(29)38)34(42)23-41(32-16-9-8-11-24(32)2)46(44,45)28-19-17-27(36)18-20-28/h5-20,25,33H,4,21-23H2,1-3H3,(H,39,43). The third-order valence-electron chi connectivity index (χ3n) is 7.73. The minimum absolute atomic E-state index is 0.0380. The average molecular weight is 701 g/mol. The summed E-state index contributed by atoms with van der Waals surface area (Å²) in [5.74, 6) is -0.991. The third-order valence-corrected chi connectivity index (χ3v) is 10.5. The second kappa shape index (κ2) is 15.8. The maximum atomic E-state index is 14.6. The van der Waals surface area contributed by atoms with Crippen molar-refractivity contribution >= 4 is 62.3 Å². The molecule has 2 atom stereocenters. The lowest BCUT2D eigenvalue weighted by molar-refractivity contribution is -0.140. The zero-order chi connectivity index (χ0) is 33.4. The van der Waals surface area contributed by atoms with E-state index in [0.29, 0.717) is 38.3 Å². The molecule has 1 N–H and O–H groups in total. The van der Waals surface area contributed by atoms with Gasteiger partial charge in [0.05, 0.1) is 10.6 Å². The monoisotopic (exact) mass is 699 g/mol. The van der Waals surface area contributed by atoms with Crippen LogP contribution in [-0.4, -0.2) is 43.8 Å². The van der Waals surface area contributed by atoms with E-state index < -0.39 is 28.5 Å². The summed E-state index contributed by atoms with van der Waals surface area (Å²) in [6.45, 7) is 4.87. The summed E-state index contributed by atoms with van der Waals surface area (Å²) >= 11 is 19.2. The zero-order valence-electron chi connectivity index (χ0n) is 25.8. The van der Waals surface area contributed by atoms with Gasteiger partial charge in [-0.1, -0.05) is 96.3 Å². The number of halogens is 3. The van der Waals surface area contributed by atoms with Crippen molar-refractivity contribution in [1.29, 1.82) is 0 Å². The molecule has 0 aliphatic carbocycles. The number of nitrogens with zero attached hydrogens (tertiary/aromatic N) is 2. The van der Waals surface area contributed by atoms with Crippen LogP contribution in [0.5, 0.6) is 0 Å². The summed E-state index contributed by atoms with van der Waals surface area (Å²) in [7, 11) is -4.26. The van der Waals surface area contributed by atoms with Crippen molar-refractivity contribution in [2.75, 3.05) is 10.8 Å². The van der Waals surface area contributed by atoms with Gasteiger partial charge in [0.15, 0.2) is 0 Å². The number of amides is 2. The Morgan fingerprint density at radius 3 is 2.04 bits per heavy atom. The van der Waals surface area contributed by atoms with Crippen LogP contribution in [0.1, 0.15) is 37.0 Å². The molecule has 0 saturated carbocycles. The SMILES string of the molecule is CCC(C)NC(=O)C(Cc1ccccc1)N(Cc1c(Cl)cccc1Cl)C(=O)CN(c1ccccc1C)S(=O)(=O)c1ccc(Cl)cc1. The van der Waals surface area contributed by atoms with Crippen LogP contribution in [0.25, 0.3) is 0 Å². The molecular formula is C35H36Cl3N3O4S. The Morgan fingerprint density at radius 2 is 1.43 bits per heavy atom. The fraction of sp³-hybridized carbons (Fsp3) is 0.257. The van der Waals surface area contributed by atoms with Crippen molar-refractivity contribution in [3.63, 3.8) is 0 Å². The molecule has 4 aromatic carbocycles. The van der Waals surface area contributed by atoms with Gasteiger partial charge in [-0.2, -0.15) is 0 Å². The molecule has 0 saturated heterocycles. The first-order chi connectivity index (χ1) is 21.9. The normalized spacial score (nSPS) is 12.7. The van der Waals surface area contributed by atoms with Crippen LogP contribution in [0.3, 0.4) is 0 Å². The first kappa shape index (κ1) is 35.3. The van der Waals surface area contributed by atoms with E-state index in [1.165, 1.54) is 29.2 Å². The molecule has 0 bridgehead atoms. The quantitative estimate of drug-likeness (QED) is 0.155. The molecule has 0 aliphatic rings. The Balaban J connectivity index is 1.85. The molecule has 7 nitrogen and oxygen atoms in total. The van der Waals surface area contributed by atoms with Crippen LogP contribution in [0.2, 0.25) is 15.1 Å². The van der Waals surface area contributed by atoms with Gasteiger partial charge in [-0.25, -0.2) is 8.42 Å². The Kier molecular flexibility index (Phi) is 12.1. The minimum Gasteiger partial charge on any atom is -0.352 e. The van der Waals surface area contributed by atoms with E-state index in [-0.39, 0.29) is 29.8 Å². The van der Waals surface area contributed by atoms with E-state index in [9.17, 15) is 18.0 Å². The summed E-state index contributed by atoms with van der Waals surface area (Å²) in [5.41, 5.74) is 2.23. The van der Waals surface area contributed by atoms with Crippen LogP contribution in [0, 0.1) is 6.92 Å². The lowest BCUT2D eigenvalue weighted by atomic mass is 10.0. The van der Waals surface area contributed by atoms with E-state index in [0.717, 1.165) is 9.87 Å². The summed E-state index contributed by atoms with van der Waals surface area (Å²) in [4.78, 5) is 29.9. The van der Waals surface area contributed by atoms with Crippen LogP contribution in [0.15, 0.2) is 102 Å². The number of hydrogen-bond acceptors (Lipinski definition) is 4. The summed E-state index contributed by atoms with van der Waals surface area (Å²) in [6, 6.07) is 25.8. The van der Waals surface area contributed by atoms with Gasteiger partial charge in [-0.05, 0) is 73.9 Å². The first-order valence-electron chi connectivity index (χ1n) is 14.8. The van der Waals surface area contributed by atoms with Gasteiger partial charge in [-0.3, -0.25) is 13.9 Å². The fourth-order valence-corrected chi connectivity index (χ4v) is 7.06. The number of carbonyl (C=O) groups excluding carboxylic acids is 2.